The second-order valence-electron chi connectivity index (χ2n) is 3.97. The maximum Gasteiger partial charge on any atom is 0.0593 e. The molecule has 0 aromatic heterocycles. The molecule has 0 unspecified atom stereocenters. The molecule has 1 aliphatic heterocycles. The summed E-state index contributed by atoms with van der Waals surface area (Å²) in [6.45, 7) is 5.28. The zero-order chi connectivity index (χ0) is 11.1. The summed E-state index contributed by atoms with van der Waals surface area (Å²) in [4.78, 5) is 3.87. The molecule has 2 rings (SSSR count). The fourth-order valence-electron chi connectivity index (χ4n) is 1.83. The minimum atomic E-state index is 0.899. The molecule has 1 heterocycles. The molecule has 3 heteroatoms. The highest BCUT2D eigenvalue weighted by Gasteiger charge is 2.08. The van der Waals surface area contributed by atoms with Crippen LogP contribution in [-0.2, 0) is 4.74 Å². The molecule has 2 nitrogen and oxygen atoms in total. The summed E-state index contributed by atoms with van der Waals surface area (Å²) in [5.74, 6) is 1.17. The van der Waals surface area contributed by atoms with Crippen molar-refractivity contribution in [3.63, 3.8) is 0 Å². The normalized spacial score (nSPS) is 18.2. The molecule has 0 spiro atoms. The van der Waals surface area contributed by atoms with Crippen LogP contribution in [0.15, 0.2) is 35.2 Å². The quantitative estimate of drug-likeness (QED) is 0.747. The highest BCUT2D eigenvalue weighted by molar-refractivity contribution is 7.99. The van der Waals surface area contributed by atoms with Crippen molar-refractivity contribution in [2.24, 2.45) is 0 Å². The van der Waals surface area contributed by atoms with Gasteiger partial charge < -0.3 is 9.64 Å². The van der Waals surface area contributed by atoms with Gasteiger partial charge in [0.25, 0.3) is 0 Å². The largest absolute Gasteiger partial charge is 0.380 e. The van der Waals surface area contributed by atoms with Crippen LogP contribution in [0.4, 0.5) is 0 Å². The predicted octanol–water partition coefficient (Wildman–Crippen LogP) is 2.50. The van der Waals surface area contributed by atoms with Gasteiger partial charge in [-0.3, -0.25) is 0 Å². The van der Waals surface area contributed by atoms with Gasteiger partial charge in [-0.05, 0) is 18.6 Å². The molecule has 0 amide bonds. The van der Waals surface area contributed by atoms with Gasteiger partial charge >= 0.3 is 0 Å². The first-order chi connectivity index (χ1) is 7.95. The molecule has 1 fully saturated rings. The molecule has 0 radical (unpaired) electrons. The Hall–Kier alpha value is -0.510. The van der Waals surface area contributed by atoms with E-state index in [2.05, 4.69) is 35.2 Å². The number of hydrogen-bond acceptors (Lipinski definition) is 3. The van der Waals surface area contributed by atoms with Crippen LogP contribution in [0.3, 0.4) is 0 Å². The summed E-state index contributed by atoms with van der Waals surface area (Å²) in [5.41, 5.74) is 0. The van der Waals surface area contributed by atoms with E-state index in [0.717, 1.165) is 19.8 Å². The van der Waals surface area contributed by atoms with Gasteiger partial charge in [0.15, 0.2) is 0 Å². The molecule has 0 bridgehead atoms. The van der Waals surface area contributed by atoms with Crippen LogP contribution in [-0.4, -0.2) is 43.5 Å². The third-order valence-electron chi connectivity index (χ3n) is 2.73. The highest BCUT2D eigenvalue weighted by atomic mass is 32.2. The van der Waals surface area contributed by atoms with E-state index in [1.54, 1.807) is 0 Å². The molecule has 1 aromatic rings. The zero-order valence-corrected chi connectivity index (χ0v) is 10.4. The Morgan fingerprint density at radius 2 is 2.00 bits per heavy atom. The summed E-state index contributed by atoms with van der Waals surface area (Å²) < 4.78 is 5.44. The number of hydrogen-bond donors (Lipinski definition) is 0. The Balaban J connectivity index is 1.67. The Morgan fingerprint density at radius 3 is 2.88 bits per heavy atom. The molecule has 16 heavy (non-hydrogen) atoms. The van der Waals surface area contributed by atoms with Gasteiger partial charge in [0, 0.05) is 36.9 Å². The fraction of sp³-hybridized carbons (Fsp3) is 0.538. The average molecular weight is 237 g/mol. The summed E-state index contributed by atoms with van der Waals surface area (Å²) in [7, 11) is 0. The molecule has 1 aliphatic rings. The number of thioether (sulfide) groups is 1. The lowest BCUT2D eigenvalue weighted by Gasteiger charge is -2.18. The first kappa shape index (κ1) is 12.0. The van der Waals surface area contributed by atoms with E-state index in [-0.39, 0.29) is 0 Å². The van der Waals surface area contributed by atoms with Crippen LogP contribution in [0.2, 0.25) is 0 Å². The molecule has 0 saturated carbocycles. The first-order valence-corrected chi connectivity index (χ1v) is 6.92. The molecular formula is C13H19NOS. The van der Waals surface area contributed by atoms with Gasteiger partial charge in [-0.1, -0.05) is 18.2 Å². The van der Waals surface area contributed by atoms with Crippen molar-refractivity contribution in [1.29, 1.82) is 0 Å². The third kappa shape index (κ3) is 4.16. The standard InChI is InChI=1S/C13H19NOS/c1-2-5-13(6-3-1)16-12-9-14-7-4-10-15-11-8-14/h1-3,5-6H,4,7-12H2. The first-order valence-electron chi connectivity index (χ1n) is 5.93. The van der Waals surface area contributed by atoms with E-state index in [1.165, 1.54) is 30.2 Å². The summed E-state index contributed by atoms with van der Waals surface area (Å²) in [5, 5.41) is 0. The van der Waals surface area contributed by atoms with Gasteiger partial charge in [-0.25, -0.2) is 0 Å². The van der Waals surface area contributed by atoms with Crippen molar-refractivity contribution in [3.8, 4) is 0 Å². The van der Waals surface area contributed by atoms with Crippen molar-refractivity contribution in [3.05, 3.63) is 30.3 Å². The second kappa shape index (κ2) is 6.94. The van der Waals surface area contributed by atoms with Crippen molar-refractivity contribution in [2.75, 3.05) is 38.6 Å². The number of ether oxygens (including phenoxy) is 1. The van der Waals surface area contributed by atoms with Crippen LogP contribution in [0.25, 0.3) is 0 Å². The van der Waals surface area contributed by atoms with E-state index in [4.69, 9.17) is 4.74 Å². The lowest BCUT2D eigenvalue weighted by atomic mass is 10.4. The average Bonchev–Trinajstić information content (AvgIpc) is 2.59. The topological polar surface area (TPSA) is 12.5 Å². The molecule has 88 valence electrons. The third-order valence-corrected chi connectivity index (χ3v) is 3.73. The number of rotatable bonds is 4. The van der Waals surface area contributed by atoms with E-state index in [0.29, 0.717) is 0 Å². The maximum absolute atomic E-state index is 5.44. The highest BCUT2D eigenvalue weighted by Crippen LogP contribution is 2.16. The molecule has 1 saturated heterocycles. The van der Waals surface area contributed by atoms with Gasteiger partial charge in [-0.2, -0.15) is 0 Å². The van der Waals surface area contributed by atoms with Gasteiger partial charge in [0.2, 0.25) is 0 Å². The summed E-state index contributed by atoms with van der Waals surface area (Å²) >= 11 is 1.94. The SMILES string of the molecule is c1ccc(SCCN2CCCOCC2)cc1. The van der Waals surface area contributed by atoms with E-state index < -0.39 is 0 Å². The van der Waals surface area contributed by atoms with E-state index >= 15 is 0 Å². The predicted molar refractivity (Wildman–Crippen MR) is 69.0 cm³/mol. The van der Waals surface area contributed by atoms with Crippen molar-refractivity contribution in [2.45, 2.75) is 11.3 Å². The lowest BCUT2D eigenvalue weighted by molar-refractivity contribution is 0.142. The van der Waals surface area contributed by atoms with Gasteiger partial charge in [0.05, 0.1) is 6.61 Å². The van der Waals surface area contributed by atoms with Crippen molar-refractivity contribution < 1.29 is 4.74 Å². The van der Waals surface area contributed by atoms with Crippen LogP contribution in [0, 0.1) is 0 Å². The molecule has 1 aromatic carbocycles. The molecule has 0 atom stereocenters. The fourth-order valence-corrected chi connectivity index (χ4v) is 2.77. The Morgan fingerprint density at radius 1 is 1.12 bits per heavy atom. The summed E-state index contributed by atoms with van der Waals surface area (Å²) in [6, 6.07) is 10.6. The maximum atomic E-state index is 5.44. The van der Waals surface area contributed by atoms with Crippen molar-refractivity contribution >= 4 is 11.8 Å². The lowest BCUT2D eigenvalue weighted by Crippen LogP contribution is -2.28. The second-order valence-corrected chi connectivity index (χ2v) is 5.14. The molecule has 0 aliphatic carbocycles. The minimum Gasteiger partial charge on any atom is -0.380 e. The van der Waals surface area contributed by atoms with E-state index in [9.17, 15) is 0 Å². The smallest absolute Gasteiger partial charge is 0.0593 e. The summed E-state index contributed by atoms with van der Waals surface area (Å²) in [6.07, 6.45) is 1.18. The number of nitrogens with zero attached hydrogens (tertiary/aromatic N) is 1. The minimum absolute atomic E-state index is 0.899. The van der Waals surface area contributed by atoms with Crippen LogP contribution >= 0.6 is 11.8 Å². The van der Waals surface area contributed by atoms with E-state index in [1.807, 2.05) is 11.8 Å². The van der Waals surface area contributed by atoms with Gasteiger partial charge in [0.1, 0.15) is 0 Å². The molecule has 0 N–H and O–H groups in total. The van der Waals surface area contributed by atoms with Crippen LogP contribution in [0.5, 0.6) is 0 Å². The molecular weight excluding hydrogens is 218 g/mol. The number of benzene rings is 1. The van der Waals surface area contributed by atoms with Gasteiger partial charge in [-0.15, -0.1) is 11.8 Å². The Bertz CT molecular complexity index is 283. The van der Waals surface area contributed by atoms with Crippen LogP contribution < -0.4 is 0 Å². The monoisotopic (exact) mass is 237 g/mol. The Kier molecular flexibility index (Phi) is 5.19. The Labute approximate surface area is 102 Å². The zero-order valence-electron chi connectivity index (χ0n) is 9.60. The van der Waals surface area contributed by atoms with Crippen LogP contribution in [0.1, 0.15) is 6.42 Å². The van der Waals surface area contributed by atoms with Crippen molar-refractivity contribution in [1.82, 2.24) is 4.90 Å².